The first-order chi connectivity index (χ1) is 14.3. The second kappa shape index (κ2) is 12.2. The van der Waals surface area contributed by atoms with Crippen LogP contribution in [0.2, 0.25) is 10.0 Å². The van der Waals surface area contributed by atoms with Gasteiger partial charge >= 0.3 is 0 Å². The van der Waals surface area contributed by atoms with E-state index in [0.29, 0.717) is 28.3 Å². The highest BCUT2D eigenvalue weighted by atomic mass is 35.5. The van der Waals surface area contributed by atoms with Gasteiger partial charge in [0.2, 0.25) is 11.8 Å². The minimum Gasteiger partial charge on any atom is -0.354 e. The third-order valence-corrected chi connectivity index (χ3v) is 6.29. The van der Waals surface area contributed by atoms with Gasteiger partial charge in [0.1, 0.15) is 6.04 Å². The van der Waals surface area contributed by atoms with Crippen LogP contribution in [0.3, 0.4) is 0 Å². The molecular weight excluding hydrogens is 439 g/mol. The maximum atomic E-state index is 13.1. The van der Waals surface area contributed by atoms with Gasteiger partial charge in [-0.15, -0.1) is 11.8 Å². The Labute approximate surface area is 193 Å². The molecule has 0 fully saturated rings. The predicted octanol–water partition coefficient (Wildman–Crippen LogP) is 5.42. The maximum absolute atomic E-state index is 13.1. The summed E-state index contributed by atoms with van der Waals surface area (Å²) in [5.74, 6) is 0.927. The highest BCUT2D eigenvalue weighted by molar-refractivity contribution is 7.99. The van der Waals surface area contributed by atoms with E-state index in [9.17, 15) is 9.59 Å². The summed E-state index contributed by atoms with van der Waals surface area (Å²) in [6.45, 7) is 6.66. The number of hydrogen-bond acceptors (Lipinski definition) is 3. The van der Waals surface area contributed by atoms with Crippen LogP contribution in [0.1, 0.15) is 31.9 Å². The topological polar surface area (TPSA) is 49.4 Å². The van der Waals surface area contributed by atoms with Gasteiger partial charge < -0.3 is 10.2 Å². The SMILES string of the molecule is CC(C)CNC(=O)C(C)N(Cc1ccccc1Cl)C(=O)CSCc1ccccc1Cl. The second-order valence-electron chi connectivity index (χ2n) is 7.51. The van der Waals surface area contributed by atoms with Crippen LogP contribution in [0.25, 0.3) is 0 Å². The van der Waals surface area contributed by atoms with E-state index in [4.69, 9.17) is 23.2 Å². The molecule has 1 unspecified atom stereocenters. The average molecular weight is 467 g/mol. The van der Waals surface area contributed by atoms with Crippen LogP contribution in [0, 0.1) is 5.92 Å². The molecule has 2 amide bonds. The number of nitrogens with one attached hydrogen (secondary N) is 1. The third-order valence-electron chi connectivity index (χ3n) is 4.59. The van der Waals surface area contributed by atoms with Gasteiger partial charge in [-0.3, -0.25) is 9.59 Å². The number of carbonyl (C=O) groups is 2. The van der Waals surface area contributed by atoms with Crippen molar-refractivity contribution in [1.29, 1.82) is 0 Å². The van der Waals surface area contributed by atoms with Crippen molar-refractivity contribution < 1.29 is 9.59 Å². The Balaban J connectivity index is 2.08. The van der Waals surface area contributed by atoms with Crippen molar-refractivity contribution in [2.45, 2.75) is 39.1 Å². The molecule has 2 rings (SSSR count). The lowest BCUT2D eigenvalue weighted by Gasteiger charge is -2.29. The summed E-state index contributed by atoms with van der Waals surface area (Å²) in [6.07, 6.45) is 0. The second-order valence-corrected chi connectivity index (χ2v) is 9.31. The molecule has 0 aliphatic heterocycles. The molecule has 30 heavy (non-hydrogen) atoms. The Morgan fingerprint density at radius 1 is 0.967 bits per heavy atom. The molecule has 1 atom stereocenters. The Hall–Kier alpha value is -1.69. The van der Waals surface area contributed by atoms with Crippen LogP contribution in [0.15, 0.2) is 48.5 Å². The van der Waals surface area contributed by atoms with Crippen LogP contribution >= 0.6 is 35.0 Å². The van der Waals surface area contributed by atoms with Crippen molar-refractivity contribution in [3.05, 3.63) is 69.7 Å². The number of hydrogen-bond donors (Lipinski definition) is 1. The van der Waals surface area contributed by atoms with Gasteiger partial charge in [-0.25, -0.2) is 0 Å². The first-order valence-electron chi connectivity index (χ1n) is 9.91. The van der Waals surface area contributed by atoms with Gasteiger partial charge in [0, 0.05) is 28.9 Å². The van der Waals surface area contributed by atoms with Crippen LogP contribution in [0.4, 0.5) is 0 Å². The molecule has 0 saturated carbocycles. The molecule has 0 aliphatic carbocycles. The minimum atomic E-state index is -0.603. The molecule has 0 radical (unpaired) electrons. The van der Waals surface area contributed by atoms with Crippen molar-refractivity contribution in [3.63, 3.8) is 0 Å². The molecule has 0 aliphatic rings. The smallest absolute Gasteiger partial charge is 0.242 e. The molecule has 0 bridgehead atoms. The first kappa shape index (κ1) is 24.6. The van der Waals surface area contributed by atoms with Crippen molar-refractivity contribution in [3.8, 4) is 0 Å². The minimum absolute atomic E-state index is 0.112. The van der Waals surface area contributed by atoms with E-state index in [1.165, 1.54) is 11.8 Å². The van der Waals surface area contributed by atoms with E-state index >= 15 is 0 Å². The summed E-state index contributed by atoms with van der Waals surface area (Å²) in [6, 6.07) is 14.4. The molecule has 0 aromatic heterocycles. The Morgan fingerprint density at radius 3 is 2.10 bits per heavy atom. The zero-order valence-corrected chi connectivity index (χ0v) is 19.9. The third kappa shape index (κ3) is 7.53. The van der Waals surface area contributed by atoms with Gasteiger partial charge in [0.15, 0.2) is 0 Å². The number of rotatable bonds is 10. The molecule has 7 heteroatoms. The molecule has 162 valence electrons. The van der Waals surface area contributed by atoms with Gasteiger partial charge in [0.05, 0.1) is 5.75 Å². The number of benzene rings is 2. The quantitative estimate of drug-likeness (QED) is 0.508. The molecule has 0 saturated heterocycles. The van der Waals surface area contributed by atoms with Crippen molar-refractivity contribution in [2.75, 3.05) is 12.3 Å². The number of halogens is 2. The summed E-state index contributed by atoms with van der Waals surface area (Å²) < 4.78 is 0. The standard InChI is InChI=1S/C23H28Cl2N2O2S/c1-16(2)12-26-23(29)17(3)27(13-18-8-4-6-10-20(18)24)22(28)15-30-14-19-9-5-7-11-21(19)25/h4-11,16-17H,12-15H2,1-3H3,(H,26,29). The van der Waals surface area contributed by atoms with Crippen LogP contribution in [0.5, 0.6) is 0 Å². The van der Waals surface area contributed by atoms with E-state index in [1.807, 2.05) is 56.3 Å². The predicted molar refractivity (Wildman–Crippen MR) is 127 cm³/mol. The largest absolute Gasteiger partial charge is 0.354 e. The lowest BCUT2D eigenvalue weighted by molar-refractivity contribution is -0.138. The number of amides is 2. The van der Waals surface area contributed by atoms with Crippen molar-refractivity contribution in [1.82, 2.24) is 10.2 Å². The summed E-state index contributed by atoms with van der Waals surface area (Å²) in [7, 11) is 0. The average Bonchev–Trinajstić information content (AvgIpc) is 2.72. The summed E-state index contributed by atoms with van der Waals surface area (Å²) >= 11 is 14.0. The maximum Gasteiger partial charge on any atom is 0.242 e. The van der Waals surface area contributed by atoms with E-state index in [1.54, 1.807) is 17.9 Å². The first-order valence-corrected chi connectivity index (χ1v) is 11.8. The monoisotopic (exact) mass is 466 g/mol. The Morgan fingerprint density at radius 2 is 1.53 bits per heavy atom. The summed E-state index contributed by atoms with van der Waals surface area (Å²) in [5.41, 5.74) is 1.80. The summed E-state index contributed by atoms with van der Waals surface area (Å²) in [4.78, 5) is 27.3. The van der Waals surface area contributed by atoms with Crippen LogP contribution in [-0.2, 0) is 21.9 Å². The fourth-order valence-corrected chi connectivity index (χ4v) is 4.18. The lowest BCUT2D eigenvalue weighted by atomic mass is 10.1. The fourth-order valence-electron chi connectivity index (χ4n) is 2.79. The van der Waals surface area contributed by atoms with E-state index < -0.39 is 6.04 Å². The molecular formula is C23H28Cl2N2O2S. The number of carbonyl (C=O) groups excluding carboxylic acids is 2. The molecule has 4 nitrogen and oxygen atoms in total. The summed E-state index contributed by atoms with van der Waals surface area (Å²) in [5, 5.41) is 4.18. The van der Waals surface area contributed by atoms with E-state index in [-0.39, 0.29) is 24.1 Å². The molecule has 2 aromatic carbocycles. The Kier molecular flexibility index (Phi) is 10.0. The highest BCUT2D eigenvalue weighted by Crippen LogP contribution is 2.23. The normalized spacial score (nSPS) is 11.9. The fraction of sp³-hybridized carbons (Fsp3) is 0.391. The zero-order valence-electron chi connectivity index (χ0n) is 17.5. The number of nitrogens with zero attached hydrogens (tertiary/aromatic N) is 1. The van der Waals surface area contributed by atoms with Gasteiger partial charge in [-0.05, 0) is 36.1 Å². The van der Waals surface area contributed by atoms with Gasteiger partial charge in [-0.1, -0.05) is 73.4 Å². The van der Waals surface area contributed by atoms with Gasteiger partial charge in [0.25, 0.3) is 0 Å². The molecule has 1 N–H and O–H groups in total. The Bertz CT molecular complexity index is 861. The van der Waals surface area contributed by atoms with E-state index in [0.717, 1.165) is 11.1 Å². The van der Waals surface area contributed by atoms with Crippen molar-refractivity contribution >= 4 is 46.8 Å². The van der Waals surface area contributed by atoms with Crippen LogP contribution < -0.4 is 5.32 Å². The molecule has 0 spiro atoms. The van der Waals surface area contributed by atoms with Gasteiger partial charge in [-0.2, -0.15) is 0 Å². The van der Waals surface area contributed by atoms with E-state index in [2.05, 4.69) is 5.32 Å². The molecule has 2 aromatic rings. The molecule has 0 heterocycles. The zero-order chi connectivity index (χ0) is 22.1. The van der Waals surface area contributed by atoms with Crippen molar-refractivity contribution in [2.24, 2.45) is 5.92 Å². The lowest BCUT2D eigenvalue weighted by Crippen LogP contribution is -2.48. The van der Waals surface area contributed by atoms with Crippen LogP contribution in [-0.4, -0.2) is 35.1 Å². The number of thioether (sulfide) groups is 1. The highest BCUT2D eigenvalue weighted by Gasteiger charge is 2.26.